The van der Waals surface area contributed by atoms with Gasteiger partial charge in [-0.2, -0.15) is 10.1 Å². The van der Waals surface area contributed by atoms with Crippen LogP contribution >= 0.6 is 0 Å². The van der Waals surface area contributed by atoms with Gasteiger partial charge in [-0.15, -0.1) is 0 Å². The molecule has 0 saturated carbocycles. The van der Waals surface area contributed by atoms with Crippen molar-refractivity contribution in [1.82, 2.24) is 34.9 Å². The van der Waals surface area contributed by atoms with E-state index in [1.54, 1.807) is 37.4 Å². The number of ether oxygens (including phenoxy) is 3. The average molecular weight is 589 g/mol. The van der Waals surface area contributed by atoms with E-state index in [2.05, 4.69) is 44.1 Å². The largest absolute Gasteiger partial charge is 0.499 e. The van der Waals surface area contributed by atoms with Crippen LogP contribution < -0.4 is 15.4 Å². The summed E-state index contributed by atoms with van der Waals surface area (Å²) in [4.78, 5) is 26.3. The van der Waals surface area contributed by atoms with Gasteiger partial charge in [-0.25, -0.2) is 9.67 Å². The first-order valence-electron chi connectivity index (χ1n) is 14.5. The fourth-order valence-corrected chi connectivity index (χ4v) is 5.37. The standard InChI is InChI=1S/C31H40N8O4/c1-5-30(40)34-24-19-25(28(42-4)20-27(24)37(2)14-15-38-12-6-7-13-38)35-31-32-11-10-29(36-31)39-26-9-8-23(43-17-16-41-3)18-22(26)21-33-39/h5,8-11,18-19,21,27H,1,6-7,12-17,20H2,2-4H3,(H,34,40)(H,32,35,36). The predicted molar refractivity (Wildman–Crippen MR) is 165 cm³/mol. The van der Waals surface area contributed by atoms with Gasteiger partial charge in [0.25, 0.3) is 0 Å². The van der Waals surface area contributed by atoms with Crippen molar-refractivity contribution in [3.63, 3.8) is 0 Å². The van der Waals surface area contributed by atoms with Crippen molar-refractivity contribution in [2.75, 3.05) is 66.0 Å². The van der Waals surface area contributed by atoms with Crippen LogP contribution in [-0.2, 0) is 14.3 Å². The highest BCUT2D eigenvalue weighted by atomic mass is 16.5. The number of anilines is 1. The lowest BCUT2D eigenvalue weighted by Crippen LogP contribution is -2.44. The molecule has 2 aliphatic rings. The molecule has 1 amide bonds. The van der Waals surface area contributed by atoms with Gasteiger partial charge in [0.15, 0.2) is 5.82 Å². The lowest BCUT2D eigenvalue weighted by atomic mass is 9.99. The molecular formula is C31H40N8O4. The van der Waals surface area contributed by atoms with Crippen molar-refractivity contribution in [1.29, 1.82) is 0 Å². The Labute approximate surface area is 252 Å². The quantitative estimate of drug-likeness (QED) is 0.215. The molecule has 1 unspecified atom stereocenters. The summed E-state index contributed by atoms with van der Waals surface area (Å²) in [5.74, 6) is 2.20. The second-order valence-corrected chi connectivity index (χ2v) is 10.6. The molecule has 1 saturated heterocycles. The Kier molecular flexibility index (Phi) is 10.0. The van der Waals surface area contributed by atoms with Gasteiger partial charge >= 0.3 is 0 Å². The van der Waals surface area contributed by atoms with Crippen LogP contribution in [0.25, 0.3) is 16.7 Å². The number of nitrogens with one attached hydrogen (secondary N) is 2. The number of amides is 1. The number of hydrogen-bond donors (Lipinski definition) is 2. The summed E-state index contributed by atoms with van der Waals surface area (Å²) in [6.07, 6.45) is 9.70. The van der Waals surface area contributed by atoms with E-state index < -0.39 is 0 Å². The molecule has 2 N–H and O–H groups in total. The summed E-state index contributed by atoms with van der Waals surface area (Å²) in [6, 6.07) is 7.51. The Morgan fingerprint density at radius 3 is 2.81 bits per heavy atom. The minimum Gasteiger partial charge on any atom is -0.499 e. The van der Waals surface area contributed by atoms with E-state index in [4.69, 9.17) is 19.2 Å². The monoisotopic (exact) mass is 588 g/mol. The highest BCUT2D eigenvalue weighted by Crippen LogP contribution is 2.28. The summed E-state index contributed by atoms with van der Waals surface area (Å²) in [7, 11) is 5.38. The maximum atomic E-state index is 12.4. The first-order valence-corrected chi connectivity index (χ1v) is 14.5. The van der Waals surface area contributed by atoms with E-state index in [9.17, 15) is 4.79 Å². The van der Waals surface area contributed by atoms with Gasteiger partial charge in [0, 0.05) is 50.0 Å². The molecule has 12 heteroatoms. The van der Waals surface area contributed by atoms with Gasteiger partial charge < -0.3 is 29.7 Å². The number of carbonyl (C=O) groups excluding carboxylic acids is 1. The smallest absolute Gasteiger partial charge is 0.247 e. The van der Waals surface area contributed by atoms with Crippen molar-refractivity contribution >= 4 is 22.8 Å². The number of rotatable bonds is 14. The summed E-state index contributed by atoms with van der Waals surface area (Å²) in [5.41, 5.74) is 2.31. The Morgan fingerprint density at radius 1 is 1.21 bits per heavy atom. The molecule has 228 valence electrons. The Balaban J connectivity index is 1.35. The number of likely N-dealkylation sites (tertiary alicyclic amines) is 1. The molecule has 3 heterocycles. The van der Waals surface area contributed by atoms with Crippen molar-refractivity contribution in [3.8, 4) is 11.6 Å². The second kappa shape index (κ2) is 14.3. The van der Waals surface area contributed by atoms with Crippen LogP contribution in [0.2, 0.25) is 0 Å². The van der Waals surface area contributed by atoms with E-state index in [1.165, 1.54) is 18.9 Å². The Morgan fingerprint density at radius 2 is 2.05 bits per heavy atom. The van der Waals surface area contributed by atoms with Crippen molar-refractivity contribution in [2.45, 2.75) is 25.3 Å². The Bertz CT molecular complexity index is 1490. The lowest BCUT2D eigenvalue weighted by Gasteiger charge is -2.35. The predicted octanol–water partition coefficient (Wildman–Crippen LogP) is 3.10. The summed E-state index contributed by atoms with van der Waals surface area (Å²) in [6.45, 7) is 8.75. The zero-order chi connectivity index (χ0) is 30.2. The third-order valence-corrected chi connectivity index (χ3v) is 7.74. The van der Waals surface area contributed by atoms with Crippen LogP contribution in [0.5, 0.6) is 5.75 Å². The summed E-state index contributed by atoms with van der Waals surface area (Å²) in [5, 5.41) is 11.8. The molecule has 1 aliphatic carbocycles. The van der Waals surface area contributed by atoms with E-state index in [0.29, 0.717) is 37.1 Å². The molecule has 12 nitrogen and oxygen atoms in total. The van der Waals surface area contributed by atoms with Crippen LogP contribution in [0.1, 0.15) is 19.3 Å². The minimum atomic E-state index is -0.263. The van der Waals surface area contributed by atoms with Crippen LogP contribution in [0.4, 0.5) is 5.95 Å². The van der Waals surface area contributed by atoms with E-state index in [-0.39, 0.29) is 11.9 Å². The molecule has 1 aromatic carbocycles. The Hall–Kier alpha value is -4.26. The van der Waals surface area contributed by atoms with E-state index in [1.807, 2.05) is 24.3 Å². The first-order chi connectivity index (χ1) is 21.0. The maximum absolute atomic E-state index is 12.4. The molecule has 0 spiro atoms. The third-order valence-electron chi connectivity index (χ3n) is 7.74. The van der Waals surface area contributed by atoms with Crippen LogP contribution in [0, 0.1) is 0 Å². The second-order valence-electron chi connectivity index (χ2n) is 10.6. The number of fused-ring (bicyclic) bond motifs is 1. The molecule has 2 aromatic heterocycles. The van der Waals surface area contributed by atoms with Crippen molar-refractivity contribution in [2.24, 2.45) is 0 Å². The normalized spacial score (nSPS) is 17.3. The first kappa shape index (κ1) is 30.2. The van der Waals surface area contributed by atoms with E-state index in [0.717, 1.165) is 54.3 Å². The summed E-state index contributed by atoms with van der Waals surface area (Å²) < 4.78 is 18.4. The molecule has 3 aromatic rings. The van der Waals surface area contributed by atoms with Gasteiger partial charge in [0.2, 0.25) is 11.9 Å². The average Bonchev–Trinajstić information content (AvgIpc) is 3.70. The third kappa shape index (κ3) is 7.39. The zero-order valence-corrected chi connectivity index (χ0v) is 25.1. The topological polar surface area (TPSA) is 119 Å². The maximum Gasteiger partial charge on any atom is 0.247 e. The number of hydrogen-bond acceptors (Lipinski definition) is 10. The van der Waals surface area contributed by atoms with Gasteiger partial charge in [-0.1, -0.05) is 6.58 Å². The van der Waals surface area contributed by atoms with Crippen LogP contribution in [0.3, 0.4) is 0 Å². The highest BCUT2D eigenvalue weighted by Gasteiger charge is 2.29. The van der Waals surface area contributed by atoms with Gasteiger partial charge in [-0.3, -0.25) is 9.69 Å². The number of likely N-dealkylation sites (N-methyl/N-ethyl adjacent to an activating group) is 1. The van der Waals surface area contributed by atoms with Crippen molar-refractivity contribution < 1.29 is 19.0 Å². The number of methoxy groups -OCH3 is 2. The van der Waals surface area contributed by atoms with Gasteiger partial charge in [0.1, 0.15) is 18.1 Å². The van der Waals surface area contributed by atoms with Gasteiger partial charge in [-0.05, 0) is 63.3 Å². The lowest BCUT2D eigenvalue weighted by molar-refractivity contribution is -0.116. The van der Waals surface area contributed by atoms with E-state index >= 15 is 0 Å². The molecule has 1 fully saturated rings. The molecule has 1 atom stereocenters. The fourth-order valence-electron chi connectivity index (χ4n) is 5.37. The highest BCUT2D eigenvalue weighted by molar-refractivity contribution is 5.88. The SMILES string of the molecule is C=CC(=O)NC1=CC(Nc2nccc(-n3ncc4cc(OCCOC)ccc43)n2)=C(OC)CC1N(C)CCN1CCCC1. The molecule has 5 rings (SSSR count). The van der Waals surface area contributed by atoms with Crippen LogP contribution in [-0.4, -0.2) is 102 Å². The minimum absolute atomic E-state index is 0.0712. The van der Waals surface area contributed by atoms with Gasteiger partial charge in [0.05, 0.1) is 37.2 Å². The molecule has 0 bridgehead atoms. The molecular weight excluding hydrogens is 548 g/mol. The van der Waals surface area contributed by atoms with Crippen LogP contribution in [0.15, 0.2) is 72.5 Å². The number of aromatic nitrogens is 4. The number of carbonyl (C=O) groups is 1. The van der Waals surface area contributed by atoms with Crippen molar-refractivity contribution in [3.05, 3.63) is 72.5 Å². The zero-order valence-electron chi connectivity index (χ0n) is 25.1. The fraction of sp³-hybridized carbons (Fsp3) is 0.419. The number of nitrogens with zero attached hydrogens (tertiary/aromatic N) is 6. The molecule has 1 aliphatic heterocycles. The number of benzene rings is 1. The molecule has 43 heavy (non-hydrogen) atoms. The molecule has 0 radical (unpaired) electrons. The summed E-state index contributed by atoms with van der Waals surface area (Å²) >= 11 is 0. The number of allylic oxidation sites excluding steroid dienone is 1.